The third-order valence-corrected chi connectivity index (χ3v) is 5.10. The summed E-state index contributed by atoms with van der Waals surface area (Å²) in [6, 6.07) is 4.98. The zero-order valence-corrected chi connectivity index (χ0v) is 14.6. The number of anilines is 1. The van der Waals surface area contributed by atoms with Gasteiger partial charge in [-0.3, -0.25) is 4.90 Å². The minimum absolute atomic E-state index is 0.00723. The summed E-state index contributed by atoms with van der Waals surface area (Å²) in [6.07, 6.45) is 1.92. The smallest absolute Gasteiger partial charge is 0.321 e. The molecule has 1 aromatic carbocycles. The molecule has 0 bridgehead atoms. The van der Waals surface area contributed by atoms with Gasteiger partial charge in [-0.05, 0) is 38.0 Å². The number of halogens is 2. The second-order valence-corrected chi connectivity index (χ2v) is 6.85. The highest BCUT2D eigenvalue weighted by molar-refractivity contribution is 6.31. The topological polar surface area (TPSA) is 44.8 Å². The largest absolute Gasteiger partial charge is 0.379 e. The lowest BCUT2D eigenvalue weighted by molar-refractivity contribution is -0.0323. The number of ether oxygens (including phenoxy) is 1. The molecule has 0 aliphatic carbocycles. The van der Waals surface area contributed by atoms with Crippen LogP contribution in [0.1, 0.15) is 19.8 Å². The lowest BCUT2D eigenvalue weighted by atomic mass is 10.0. The fourth-order valence-corrected chi connectivity index (χ4v) is 3.64. The maximum Gasteiger partial charge on any atom is 0.321 e. The molecule has 2 heterocycles. The van der Waals surface area contributed by atoms with E-state index in [-0.39, 0.29) is 11.1 Å². The Kier molecular flexibility index (Phi) is 5.58. The summed E-state index contributed by atoms with van der Waals surface area (Å²) < 4.78 is 18.7. The van der Waals surface area contributed by atoms with Crippen LogP contribution < -0.4 is 5.32 Å². The number of hydrogen-bond donors (Lipinski definition) is 1. The summed E-state index contributed by atoms with van der Waals surface area (Å²) in [6.45, 7) is 6.16. The number of morpholine rings is 1. The number of likely N-dealkylation sites (tertiary alicyclic amines) is 1. The van der Waals surface area contributed by atoms with Crippen LogP contribution >= 0.6 is 11.6 Å². The number of amides is 2. The molecule has 2 saturated heterocycles. The molecule has 2 fully saturated rings. The SMILES string of the molecule is CC1COCCN1C1CCN(C(=O)Nc2ccc(F)c(Cl)c2)CC1. The Bertz CT molecular complexity index is 593. The molecule has 5 nitrogen and oxygen atoms in total. The van der Waals surface area contributed by atoms with Crippen molar-refractivity contribution in [3.63, 3.8) is 0 Å². The van der Waals surface area contributed by atoms with Crippen LogP contribution in [0.15, 0.2) is 18.2 Å². The minimum atomic E-state index is -0.491. The number of rotatable bonds is 2. The fraction of sp³-hybridized carbons (Fsp3) is 0.588. The Balaban J connectivity index is 1.52. The van der Waals surface area contributed by atoms with E-state index in [0.29, 0.717) is 17.8 Å². The molecule has 2 amide bonds. The first-order valence-electron chi connectivity index (χ1n) is 8.39. The number of carbonyl (C=O) groups is 1. The molecule has 1 N–H and O–H groups in total. The zero-order valence-electron chi connectivity index (χ0n) is 13.8. The Hall–Kier alpha value is -1.37. The van der Waals surface area contributed by atoms with Crippen molar-refractivity contribution >= 4 is 23.3 Å². The lowest BCUT2D eigenvalue weighted by Gasteiger charge is -2.43. The van der Waals surface area contributed by atoms with Gasteiger partial charge < -0.3 is 15.0 Å². The first-order chi connectivity index (χ1) is 11.5. The summed E-state index contributed by atoms with van der Waals surface area (Å²) in [7, 11) is 0. The molecule has 0 radical (unpaired) electrons. The normalized spacial score (nSPS) is 23.3. The third kappa shape index (κ3) is 3.99. The van der Waals surface area contributed by atoms with Crippen molar-refractivity contribution in [1.82, 2.24) is 9.80 Å². The van der Waals surface area contributed by atoms with Gasteiger partial charge in [-0.25, -0.2) is 9.18 Å². The van der Waals surface area contributed by atoms with Crippen molar-refractivity contribution < 1.29 is 13.9 Å². The van der Waals surface area contributed by atoms with Crippen molar-refractivity contribution in [3.05, 3.63) is 29.0 Å². The van der Waals surface area contributed by atoms with E-state index in [9.17, 15) is 9.18 Å². The third-order valence-electron chi connectivity index (χ3n) is 4.81. The Morgan fingerprint density at radius 2 is 2.08 bits per heavy atom. The average molecular weight is 356 g/mol. The van der Waals surface area contributed by atoms with E-state index in [2.05, 4.69) is 17.1 Å². The van der Waals surface area contributed by atoms with Gasteiger partial charge in [0.2, 0.25) is 0 Å². The van der Waals surface area contributed by atoms with Crippen LogP contribution in [0.5, 0.6) is 0 Å². The fourth-order valence-electron chi connectivity index (χ4n) is 3.46. The van der Waals surface area contributed by atoms with Crippen molar-refractivity contribution in [2.75, 3.05) is 38.2 Å². The predicted molar refractivity (Wildman–Crippen MR) is 92.0 cm³/mol. The van der Waals surface area contributed by atoms with Gasteiger partial charge in [0.05, 0.1) is 18.2 Å². The molecule has 1 aromatic rings. The van der Waals surface area contributed by atoms with Gasteiger partial charge in [0, 0.05) is 37.4 Å². The molecular weight excluding hydrogens is 333 g/mol. The number of piperidine rings is 1. The standard InChI is InChI=1S/C17H23ClFN3O2/c1-12-11-24-9-8-22(12)14-4-6-21(7-5-14)17(23)20-13-2-3-16(19)15(18)10-13/h2-3,10,12,14H,4-9,11H2,1H3,(H,20,23). The molecule has 3 rings (SSSR count). The molecular formula is C17H23ClFN3O2. The second kappa shape index (κ2) is 7.68. The molecule has 1 unspecified atom stereocenters. The zero-order chi connectivity index (χ0) is 17.1. The predicted octanol–water partition coefficient (Wildman–Crippen LogP) is 3.20. The van der Waals surface area contributed by atoms with Crippen LogP contribution in [0, 0.1) is 5.82 Å². The molecule has 2 aliphatic heterocycles. The minimum Gasteiger partial charge on any atom is -0.379 e. The van der Waals surface area contributed by atoms with Crippen molar-refractivity contribution in [2.45, 2.75) is 31.8 Å². The van der Waals surface area contributed by atoms with Crippen molar-refractivity contribution in [1.29, 1.82) is 0 Å². The van der Waals surface area contributed by atoms with E-state index in [0.717, 1.165) is 45.7 Å². The number of nitrogens with one attached hydrogen (secondary N) is 1. The monoisotopic (exact) mass is 355 g/mol. The van der Waals surface area contributed by atoms with Crippen LogP contribution in [-0.2, 0) is 4.74 Å². The average Bonchev–Trinajstić information content (AvgIpc) is 2.59. The van der Waals surface area contributed by atoms with Crippen molar-refractivity contribution in [3.8, 4) is 0 Å². The van der Waals surface area contributed by atoms with Crippen LogP contribution in [-0.4, -0.2) is 60.8 Å². The van der Waals surface area contributed by atoms with E-state index in [1.807, 2.05) is 0 Å². The Morgan fingerprint density at radius 3 is 2.75 bits per heavy atom. The van der Waals surface area contributed by atoms with Crippen LogP contribution in [0.4, 0.5) is 14.9 Å². The lowest BCUT2D eigenvalue weighted by Crippen LogP contribution is -2.54. The highest BCUT2D eigenvalue weighted by Gasteiger charge is 2.30. The number of hydrogen-bond acceptors (Lipinski definition) is 3. The quantitative estimate of drug-likeness (QED) is 0.886. The molecule has 2 aliphatic rings. The van der Waals surface area contributed by atoms with Gasteiger partial charge in [-0.1, -0.05) is 11.6 Å². The van der Waals surface area contributed by atoms with Gasteiger partial charge in [0.25, 0.3) is 0 Å². The molecule has 7 heteroatoms. The first-order valence-corrected chi connectivity index (χ1v) is 8.77. The molecule has 0 aromatic heterocycles. The first kappa shape index (κ1) is 17.5. The van der Waals surface area contributed by atoms with Crippen LogP contribution in [0.2, 0.25) is 5.02 Å². The van der Waals surface area contributed by atoms with Gasteiger partial charge in [0.1, 0.15) is 5.82 Å². The summed E-state index contributed by atoms with van der Waals surface area (Å²) in [5.74, 6) is -0.491. The van der Waals surface area contributed by atoms with E-state index < -0.39 is 5.82 Å². The maximum atomic E-state index is 13.2. The highest BCUT2D eigenvalue weighted by atomic mass is 35.5. The number of urea groups is 1. The van der Waals surface area contributed by atoms with Gasteiger partial charge in [-0.2, -0.15) is 0 Å². The summed E-state index contributed by atoms with van der Waals surface area (Å²) in [5, 5.41) is 2.79. The molecule has 24 heavy (non-hydrogen) atoms. The summed E-state index contributed by atoms with van der Waals surface area (Å²) >= 11 is 5.75. The number of nitrogens with zero attached hydrogens (tertiary/aromatic N) is 2. The van der Waals surface area contributed by atoms with E-state index >= 15 is 0 Å². The number of benzene rings is 1. The Morgan fingerprint density at radius 1 is 1.33 bits per heavy atom. The molecule has 0 saturated carbocycles. The van der Waals surface area contributed by atoms with Crippen LogP contribution in [0.25, 0.3) is 0 Å². The van der Waals surface area contributed by atoms with E-state index in [1.165, 1.54) is 18.2 Å². The molecule has 0 spiro atoms. The van der Waals surface area contributed by atoms with E-state index in [4.69, 9.17) is 16.3 Å². The summed E-state index contributed by atoms with van der Waals surface area (Å²) in [5.41, 5.74) is 0.510. The number of carbonyl (C=O) groups excluding carboxylic acids is 1. The van der Waals surface area contributed by atoms with Gasteiger partial charge in [-0.15, -0.1) is 0 Å². The summed E-state index contributed by atoms with van der Waals surface area (Å²) in [4.78, 5) is 16.7. The molecule has 132 valence electrons. The highest BCUT2D eigenvalue weighted by Crippen LogP contribution is 2.23. The van der Waals surface area contributed by atoms with Crippen molar-refractivity contribution in [2.24, 2.45) is 0 Å². The van der Waals surface area contributed by atoms with E-state index in [1.54, 1.807) is 4.90 Å². The molecule has 1 atom stereocenters. The van der Waals surface area contributed by atoms with Gasteiger partial charge >= 0.3 is 6.03 Å². The second-order valence-electron chi connectivity index (χ2n) is 6.44. The van der Waals surface area contributed by atoms with Crippen LogP contribution in [0.3, 0.4) is 0 Å². The maximum absolute atomic E-state index is 13.2. The Labute approximate surface area is 146 Å². The van der Waals surface area contributed by atoms with Gasteiger partial charge in [0.15, 0.2) is 0 Å².